The topological polar surface area (TPSA) is 52.6 Å². The summed E-state index contributed by atoms with van der Waals surface area (Å²) in [6.45, 7) is 12.0. The molecule has 0 unspecified atom stereocenters. The quantitative estimate of drug-likeness (QED) is 0.434. The maximum absolute atomic E-state index is 11.5. The summed E-state index contributed by atoms with van der Waals surface area (Å²) in [4.78, 5) is 22.6. The van der Waals surface area contributed by atoms with Crippen LogP contribution in [0, 0.1) is 0 Å². The highest BCUT2D eigenvalue weighted by molar-refractivity contribution is 6.75. The van der Waals surface area contributed by atoms with E-state index in [-0.39, 0.29) is 18.1 Å². The van der Waals surface area contributed by atoms with E-state index in [4.69, 9.17) is 4.43 Å². The van der Waals surface area contributed by atoms with E-state index < -0.39 is 20.3 Å². The molecule has 16 heavy (non-hydrogen) atoms. The largest absolute Gasteiger partial charge is 0.519 e. The van der Waals surface area contributed by atoms with Crippen LogP contribution in [0.4, 0.5) is 0 Å². The average molecular weight is 246 g/mol. The standard InChI is InChI=1S/C11H22O4Si/c1-7-14-9(12)8-10(13)15-16(5,6)11(2,3)4/h7-8H2,1-6H3. The Kier molecular flexibility index (Phi) is 5.19. The first-order valence-electron chi connectivity index (χ1n) is 5.47. The Balaban J connectivity index is 4.30. The minimum Gasteiger partial charge on any atom is -0.519 e. The van der Waals surface area contributed by atoms with Crippen LogP contribution in [0.2, 0.25) is 18.1 Å². The molecule has 0 N–H and O–H groups in total. The number of hydrogen-bond donors (Lipinski definition) is 0. The summed E-state index contributed by atoms with van der Waals surface area (Å²) in [5, 5.41) is -0.0443. The molecule has 0 fully saturated rings. The zero-order valence-electron chi connectivity index (χ0n) is 11.0. The molecular formula is C11H22O4Si. The lowest BCUT2D eigenvalue weighted by atomic mass is 10.2. The third kappa shape index (κ3) is 4.79. The lowest BCUT2D eigenvalue weighted by molar-refractivity contribution is -0.150. The van der Waals surface area contributed by atoms with Gasteiger partial charge in [-0.1, -0.05) is 20.8 Å². The third-order valence-electron chi connectivity index (χ3n) is 2.77. The molecule has 0 spiro atoms. The van der Waals surface area contributed by atoms with Crippen molar-refractivity contribution in [2.45, 2.75) is 52.2 Å². The number of hydrogen-bond acceptors (Lipinski definition) is 4. The monoisotopic (exact) mass is 246 g/mol. The first-order chi connectivity index (χ1) is 7.10. The molecule has 0 heterocycles. The van der Waals surface area contributed by atoms with Crippen LogP contribution in [0.1, 0.15) is 34.1 Å². The molecule has 0 aliphatic heterocycles. The molecule has 0 amide bonds. The summed E-state index contributed by atoms with van der Waals surface area (Å²) in [7, 11) is -2.12. The molecule has 0 aliphatic carbocycles. The number of esters is 1. The van der Waals surface area contributed by atoms with Crippen molar-refractivity contribution >= 4 is 20.3 Å². The van der Waals surface area contributed by atoms with Gasteiger partial charge in [0.25, 0.3) is 8.32 Å². The molecule has 0 aromatic heterocycles. The highest BCUT2D eigenvalue weighted by atomic mass is 28.4. The lowest BCUT2D eigenvalue weighted by Crippen LogP contribution is -2.43. The fraction of sp³-hybridized carbons (Fsp3) is 0.818. The predicted octanol–water partition coefficient (Wildman–Crippen LogP) is 2.49. The van der Waals surface area contributed by atoms with E-state index in [0.29, 0.717) is 0 Å². The van der Waals surface area contributed by atoms with Crippen LogP contribution in [0.5, 0.6) is 0 Å². The number of carbonyl (C=O) groups excluding carboxylic acids is 2. The Labute approximate surface area is 98.4 Å². The van der Waals surface area contributed by atoms with Gasteiger partial charge in [-0.3, -0.25) is 9.59 Å². The maximum Gasteiger partial charge on any atom is 0.317 e. The van der Waals surface area contributed by atoms with Crippen LogP contribution in [0.3, 0.4) is 0 Å². The summed E-state index contributed by atoms with van der Waals surface area (Å²) in [5.74, 6) is -1.00. The van der Waals surface area contributed by atoms with Gasteiger partial charge in [0.15, 0.2) is 0 Å². The first-order valence-corrected chi connectivity index (χ1v) is 8.38. The van der Waals surface area contributed by atoms with Crippen LogP contribution in [0.15, 0.2) is 0 Å². The molecule has 0 bridgehead atoms. The zero-order chi connectivity index (χ0) is 13.0. The van der Waals surface area contributed by atoms with Gasteiger partial charge in [0.2, 0.25) is 0 Å². The van der Waals surface area contributed by atoms with Gasteiger partial charge in [-0.25, -0.2) is 0 Å². The molecule has 5 heteroatoms. The maximum atomic E-state index is 11.5. The van der Waals surface area contributed by atoms with Gasteiger partial charge < -0.3 is 9.16 Å². The molecule has 0 atom stereocenters. The highest BCUT2D eigenvalue weighted by Gasteiger charge is 2.40. The minimum atomic E-state index is -2.12. The SMILES string of the molecule is CCOC(=O)CC(=O)O[Si](C)(C)C(C)(C)C. The van der Waals surface area contributed by atoms with Crippen molar-refractivity contribution in [3.63, 3.8) is 0 Å². The summed E-state index contributed by atoms with van der Waals surface area (Å²) >= 11 is 0. The van der Waals surface area contributed by atoms with E-state index in [1.54, 1.807) is 6.92 Å². The van der Waals surface area contributed by atoms with Gasteiger partial charge in [0.1, 0.15) is 6.42 Å². The van der Waals surface area contributed by atoms with Crippen LogP contribution in [0.25, 0.3) is 0 Å². The van der Waals surface area contributed by atoms with Crippen molar-refractivity contribution in [1.82, 2.24) is 0 Å². The molecule has 0 radical (unpaired) electrons. The fourth-order valence-corrected chi connectivity index (χ4v) is 1.75. The summed E-state index contributed by atoms with van der Waals surface area (Å²) in [6, 6.07) is 0. The van der Waals surface area contributed by atoms with Crippen molar-refractivity contribution in [1.29, 1.82) is 0 Å². The Morgan fingerprint density at radius 2 is 1.62 bits per heavy atom. The van der Waals surface area contributed by atoms with Crippen LogP contribution in [-0.2, 0) is 18.8 Å². The highest BCUT2D eigenvalue weighted by Crippen LogP contribution is 2.36. The van der Waals surface area contributed by atoms with E-state index >= 15 is 0 Å². The third-order valence-corrected chi connectivity index (χ3v) is 7.12. The molecule has 0 rings (SSSR count). The van der Waals surface area contributed by atoms with Gasteiger partial charge in [-0.2, -0.15) is 0 Å². The zero-order valence-corrected chi connectivity index (χ0v) is 12.0. The normalized spacial score (nSPS) is 12.1. The van der Waals surface area contributed by atoms with Crippen molar-refractivity contribution < 1.29 is 18.8 Å². The fourth-order valence-electron chi connectivity index (χ4n) is 0.804. The second-order valence-electron chi connectivity index (χ2n) is 5.22. The summed E-state index contributed by atoms with van der Waals surface area (Å²) in [5.41, 5.74) is 0. The Bertz CT molecular complexity index is 266. The van der Waals surface area contributed by atoms with Crippen molar-refractivity contribution in [2.75, 3.05) is 6.61 Å². The van der Waals surface area contributed by atoms with Gasteiger partial charge in [-0.15, -0.1) is 0 Å². The molecule has 0 aromatic rings. The van der Waals surface area contributed by atoms with Crippen molar-refractivity contribution in [2.24, 2.45) is 0 Å². The van der Waals surface area contributed by atoms with Crippen LogP contribution in [-0.4, -0.2) is 26.9 Å². The van der Waals surface area contributed by atoms with Gasteiger partial charge in [-0.05, 0) is 25.1 Å². The molecule has 0 saturated heterocycles. The van der Waals surface area contributed by atoms with E-state index in [9.17, 15) is 9.59 Å². The van der Waals surface area contributed by atoms with Gasteiger partial charge in [0, 0.05) is 0 Å². The number of rotatable bonds is 4. The smallest absolute Gasteiger partial charge is 0.317 e. The van der Waals surface area contributed by atoms with E-state index in [2.05, 4.69) is 4.74 Å². The molecule has 0 aromatic carbocycles. The summed E-state index contributed by atoms with van der Waals surface area (Å²) in [6.07, 6.45) is -0.291. The second-order valence-corrected chi connectivity index (χ2v) is 9.94. The minimum absolute atomic E-state index is 0.0443. The summed E-state index contributed by atoms with van der Waals surface area (Å²) < 4.78 is 10.1. The van der Waals surface area contributed by atoms with E-state index in [1.165, 1.54) is 0 Å². The van der Waals surface area contributed by atoms with Crippen molar-refractivity contribution in [3.05, 3.63) is 0 Å². The first kappa shape index (κ1) is 15.2. The lowest BCUT2D eigenvalue weighted by Gasteiger charge is -2.35. The Morgan fingerprint density at radius 3 is 2.00 bits per heavy atom. The van der Waals surface area contributed by atoms with Crippen molar-refractivity contribution in [3.8, 4) is 0 Å². The van der Waals surface area contributed by atoms with Gasteiger partial charge >= 0.3 is 11.9 Å². The Morgan fingerprint density at radius 1 is 1.12 bits per heavy atom. The Hall–Kier alpha value is -0.843. The number of carbonyl (C=O) groups is 2. The molecule has 94 valence electrons. The predicted molar refractivity (Wildman–Crippen MR) is 64.5 cm³/mol. The van der Waals surface area contributed by atoms with Crippen LogP contribution < -0.4 is 0 Å². The molecule has 4 nitrogen and oxygen atoms in total. The van der Waals surface area contributed by atoms with Gasteiger partial charge in [0.05, 0.1) is 6.61 Å². The second kappa shape index (κ2) is 5.47. The molecule has 0 aliphatic rings. The van der Waals surface area contributed by atoms with Crippen LogP contribution >= 0.6 is 0 Å². The average Bonchev–Trinajstić information content (AvgIpc) is 1.99. The number of ether oxygens (including phenoxy) is 1. The molecule has 0 saturated carbocycles. The van der Waals surface area contributed by atoms with E-state index in [0.717, 1.165) is 0 Å². The van der Waals surface area contributed by atoms with E-state index in [1.807, 2.05) is 33.9 Å². The molecular weight excluding hydrogens is 224 g/mol.